The van der Waals surface area contributed by atoms with E-state index in [4.69, 9.17) is 14.6 Å². The molecule has 1 aliphatic carbocycles. The van der Waals surface area contributed by atoms with E-state index >= 15 is 0 Å². The number of rotatable bonds is 3. The van der Waals surface area contributed by atoms with Gasteiger partial charge in [0.2, 0.25) is 10.0 Å². The van der Waals surface area contributed by atoms with Gasteiger partial charge in [0.15, 0.2) is 0 Å². The minimum atomic E-state index is -3.32. The van der Waals surface area contributed by atoms with Crippen LogP contribution in [0.4, 0.5) is 0 Å². The maximum Gasteiger partial charge on any atom is 0.212 e. The van der Waals surface area contributed by atoms with E-state index in [0.717, 1.165) is 6.42 Å². The molecule has 1 saturated heterocycles. The van der Waals surface area contributed by atoms with Gasteiger partial charge in [-0.15, -0.1) is 0 Å². The number of ether oxygens (including phenoxy) is 2. The van der Waals surface area contributed by atoms with Crippen LogP contribution in [0.2, 0.25) is 0 Å². The van der Waals surface area contributed by atoms with Crippen LogP contribution in [0.25, 0.3) is 0 Å². The number of primary sulfonamides is 1. The molecule has 1 saturated carbocycles. The molecule has 0 aromatic heterocycles. The highest BCUT2D eigenvalue weighted by Gasteiger charge is 2.46. The Balaban J connectivity index is 1.80. The monoisotopic (exact) mass is 207 g/mol. The van der Waals surface area contributed by atoms with Gasteiger partial charge in [-0.25, -0.2) is 13.6 Å². The first kappa shape index (κ1) is 9.39. The zero-order valence-electron chi connectivity index (χ0n) is 7.18. The standard InChI is InChI=1S/C7H13NO4S/c8-13(9,10)7-2-5(7)1-6-3-11-4-12-6/h5-7H,1-4H2,(H2,8,9,10). The van der Waals surface area contributed by atoms with Crippen LogP contribution in [-0.2, 0) is 19.5 Å². The molecule has 13 heavy (non-hydrogen) atoms. The van der Waals surface area contributed by atoms with Gasteiger partial charge in [0.05, 0.1) is 18.0 Å². The molecule has 0 bridgehead atoms. The van der Waals surface area contributed by atoms with E-state index in [-0.39, 0.29) is 17.3 Å². The number of hydrogen-bond acceptors (Lipinski definition) is 4. The zero-order chi connectivity index (χ0) is 9.47. The number of sulfonamides is 1. The topological polar surface area (TPSA) is 78.6 Å². The van der Waals surface area contributed by atoms with Crippen LogP contribution < -0.4 is 5.14 Å². The molecule has 2 rings (SSSR count). The van der Waals surface area contributed by atoms with Crippen molar-refractivity contribution in [2.45, 2.75) is 24.2 Å². The van der Waals surface area contributed by atoms with Crippen molar-refractivity contribution in [2.24, 2.45) is 11.1 Å². The number of nitrogens with two attached hydrogens (primary N) is 1. The SMILES string of the molecule is NS(=O)(=O)C1CC1CC1COCO1. The summed E-state index contributed by atoms with van der Waals surface area (Å²) in [5, 5.41) is 4.67. The summed E-state index contributed by atoms with van der Waals surface area (Å²) >= 11 is 0. The molecule has 1 heterocycles. The minimum absolute atomic E-state index is 0.0664. The Labute approximate surface area is 77.2 Å². The largest absolute Gasteiger partial charge is 0.353 e. The molecular weight excluding hydrogens is 194 g/mol. The van der Waals surface area contributed by atoms with E-state index in [1.165, 1.54) is 0 Å². The van der Waals surface area contributed by atoms with Crippen LogP contribution in [-0.4, -0.2) is 33.2 Å². The first-order chi connectivity index (χ1) is 6.07. The van der Waals surface area contributed by atoms with E-state index < -0.39 is 10.0 Å². The minimum Gasteiger partial charge on any atom is -0.353 e. The van der Waals surface area contributed by atoms with Gasteiger partial charge in [-0.2, -0.15) is 0 Å². The van der Waals surface area contributed by atoms with Crippen molar-refractivity contribution < 1.29 is 17.9 Å². The Morgan fingerprint density at radius 2 is 2.23 bits per heavy atom. The summed E-state index contributed by atoms with van der Waals surface area (Å²) in [4.78, 5) is 0. The Kier molecular flexibility index (Phi) is 2.31. The lowest BCUT2D eigenvalue weighted by atomic mass is 10.2. The van der Waals surface area contributed by atoms with Gasteiger partial charge in [-0.1, -0.05) is 0 Å². The molecular formula is C7H13NO4S. The molecule has 3 atom stereocenters. The van der Waals surface area contributed by atoms with Crippen LogP contribution in [0, 0.1) is 5.92 Å². The Morgan fingerprint density at radius 1 is 1.46 bits per heavy atom. The smallest absolute Gasteiger partial charge is 0.212 e. The first-order valence-electron chi connectivity index (χ1n) is 4.28. The summed E-state index contributed by atoms with van der Waals surface area (Å²) < 4.78 is 32.0. The predicted octanol–water partition coefficient (Wildman–Crippen LogP) is -0.574. The van der Waals surface area contributed by atoms with Gasteiger partial charge in [0.25, 0.3) is 0 Å². The maximum atomic E-state index is 10.9. The predicted molar refractivity (Wildman–Crippen MR) is 45.3 cm³/mol. The lowest BCUT2D eigenvalue weighted by Gasteiger charge is -2.05. The number of hydrogen-bond donors (Lipinski definition) is 1. The van der Waals surface area contributed by atoms with E-state index in [9.17, 15) is 8.42 Å². The molecule has 0 aromatic rings. The fraction of sp³-hybridized carbons (Fsp3) is 1.00. The van der Waals surface area contributed by atoms with Crippen molar-refractivity contribution in [1.29, 1.82) is 0 Å². The Hall–Kier alpha value is -0.170. The maximum absolute atomic E-state index is 10.9. The molecule has 3 unspecified atom stereocenters. The normalized spacial score (nSPS) is 39.3. The molecule has 76 valence electrons. The van der Waals surface area contributed by atoms with Crippen molar-refractivity contribution in [1.82, 2.24) is 0 Å². The van der Waals surface area contributed by atoms with E-state index in [0.29, 0.717) is 19.8 Å². The summed E-state index contributed by atoms with van der Waals surface area (Å²) in [6.45, 7) is 0.908. The molecule has 0 amide bonds. The molecule has 0 spiro atoms. The van der Waals surface area contributed by atoms with Crippen molar-refractivity contribution in [2.75, 3.05) is 13.4 Å². The third-order valence-corrected chi connectivity index (χ3v) is 3.96. The van der Waals surface area contributed by atoms with Gasteiger partial charge in [-0.05, 0) is 18.8 Å². The average Bonchev–Trinajstić information content (AvgIpc) is 2.57. The molecule has 0 aromatic carbocycles. The zero-order valence-corrected chi connectivity index (χ0v) is 8.00. The summed E-state index contributed by atoms with van der Waals surface area (Å²) in [5.74, 6) is 0.182. The third-order valence-electron chi connectivity index (χ3n) is 2.54. The van der Waals surface area contributed by atoms with Crippen molar-refractivity contribution in [3.63, 3.8) is 0 Å². The lowest BCUT2D eigenvalue weighted by Crippen LogP contribution is -2.20. The highest BCUT2D eigenvalue weighted by molar-refractivity contribution is 7.90. The first-order valence-corrected chi connectivity index (χ1v) is 5.89. The second-order valence-corrected chi connectivity index (χ2v) is 5.42. The summed E-state index contributed by atoms with van der Waals surface area (Å²) in [5.41, 5.74) is 0. The molecule has 5 nitrogen and oxygen atoms in total. The average molecular weight is 207 g/mol. The van der Waals surface area contributed by atoms with Crippen LogP contribution in [0.5, 0.6) is 0 Å². The van der Waals surface area contributed by atoms with Crippen LogP contribution in [0.1, 0.15) is 12.8 Å². The van der Waals surface area contributed by atoms with Crippen LogP contribution >= 0.6 is 0 Å². The Bertz CT molecular complexity index is 283. The lowest BCUT2D eigenvalue weighted by molar-refractivity contribution is 0.0432. The van der Waals surface area contributed by atoms with Crippen molar-refractivity contribution >= 4 is 10.0 Å². The summed E-state index contributed by atoms with van der Waals surface area (Å²) in [7, 11) is -3.32. The quantitative estimate of drug-likeness (QED) is 0.672. The van der Waals surface area contributed by atoms with Crippen LogP contribution in [0.15, 0.2) is 0 Å². The Morgan fingerprint density at radius 3 is 2.69 bits per heavy atom. The molecule has 2 aliphatic rings. The van der Waals surface area contributed by atoms with E-state index in [1.54, 1.807) is 0 Å². The van der Waals surface area contributed by atoms with Crippen molar-refractivity contribution in [3.05, 3.63) is 0 Å². The molecule has 1 aliphatic heterocycles. The van der Waals surface area contributed by atoms with Crippen molar-refractivity contribution in [3.8, 4) is 0 Å². The van der Waals surface area contributed by atoms with Gasteiger partial charge in [0.1, 0.15) is 6.79 Å². The van der Waals surface area contributed by atoms with E-state index in [1.807, 2.05) is 0 Å². The van der Waals surface area contributed by atoms with E-state index in [2.05, 4.69) is 0 Å². The summed E-state index contributed by atoms with van der Waals surface area (Å²) in [6, 6.07) is 0. The third kappa shape index (κ3) is 2.19. The molecule has 6 heteroatoms. The van der Waals surface area contributed by atoms with Gasteiger partial charge >= 0.3 is 0 Å². The highest BCUT2D eigenvalue weighted by atomic mass is 32.2. The molecule has 0 radical (unpaired) electrons. The van der Waals surface area contributed by atoms with Gasteiger partial charge in [-0.3, -0.25) is 0 Å². The second-order valence-electron chi connectivity index (χ2n) is 3.64. The van der Waals surface area contributed by atoms with Gasteiger partial charge in [0, 0.05) is 0 Å². The van der Waals surface area contributed by atoms with Crippen LogP contribution in [0.3, 0.4) is 0 Å². The van der Waals surface area contributed by atoms with Gasteiger partial charge < -0.3 is 9.47 Å². The summed E-state index contributed by atoms with van der Waals surface area (Å²) in [6.07, 6.45) is 1.50. The molecule has 2 N–H and O–H groups in total. The molecule has 2 fully saturated rings. The fourth-order valence-electron chi connectivity index (χ4n) is 1.72. The second kappa shape index (κ2) is 3.20. The fourth-order valence-corrected chi connectivity index (χ4v) is 2.88. The highest BCUT2D eigenvalue weighted by Crippen LogP contribution is 2.40.